The minimum atomic E-state index is -1.12. The number of rotatable bonds is 3. The zero-order valence-electron chi connectivity index (χ0n) is 7.92. The largest absolute Gasteiger partial charge is 0.598 e. The van der Waals surface area contributed by atoms with Gasteiger partial charge in [-0.25, -0.2) is 10.0 Å². The number of hydrogen-bond acceptors (Lipinski definition) is 2. The van der Waals surface area contributed by atoms with Crippen molar-refractivity contribution >= 4 is 0 Å². The van der Waals surface area contributed by atoms with Crippen LogP contribution in [0.2, 0.25) is 0 Å². The highest BCUT2D eigenvalue weighted by molar-refractivity contribution is 4.59. The van der Waals surface area contributed by atoms with Crippen LogP contribution in [0.4, 0.5) is 0 Å². The van der Waals surface area contributed by atoms with E-state index in [4.69, 9.17) is 0 Å². The predicted molar refractivity (Wildman–Crippen MR) is 44.9 cm³/mol. The Bertz CT molecular complexity index is 116. The van der Waals surface area contributed by atoms with Crippen molar-refractivity contribution < 1.29 is 10.0 Å². The molecule has 0 heterocycles. The fourth-order valence-corrected chi connectivity index (χ4v) is 0.708. The van der Waals surface area contributed by atoms with Crippen LogP contribution in [0.5, 0.6) is 0 Å². The third-order valence-corrected chi connectivity index (χ3v) is 1.86. The molecule has 0 spiro atoms. The first-order valence-corrected chi connectivity index (χ1v) is 4.13. The summed E-state index contributed by atoms with van der Waals surface area (Å²) in [6.45, 7) is 7.53. The van der Waals surface area contributed by atoms with Gasteiger partial charge in [0.25, 0.3) is 0 Å². The van der Waals surface area contributed by atoms with Crippen LogP contribution in [0.3, 0.4) is 0 Å². The van der Waals surface area contributed by atoms with E-state index < -0.39 is 10.3 Å². The molecule has 0 rings (SSSR count). The van der Waals surface area contributed by atoms with Crippen LogP contribution in [-0.2, 0) is 0 Å². The van der Waals surface area contributed by atoms with Gasteiger partial charge in [0.15, 0.2) is 0 Å². The number of quaternary nitrogens is 1. The lowest BCUT2D eigenvalue weighted by atomic mass is 10.1. The van der Waals surface area contributed by atoms with E-state index in [0.717, 1.165) is 12.8 Å². The van der Waals surface area contributed by atoms with Crippen molar-refractivity contribution in [1.82, 2.24) is 0 Å². The molecule has 1 N–H and O–H groups in total. The van der Waals surface area contributed by atoms with Crippen LogP contribution >= 0.6 is 0 Å². The number of hydrogen-bond donors (Lipinski definition) is 1. The molecule has 1 atom stereocenters. The maximum Gasteiger partial charge on any atom is 0.120 e. The van der Waals surface area contributed by atoms with Crippen molar-refractivity contribution in [2.75, 3.05) is 6.54 Å². The lowest BCUT2D eigenvalue weighted by Gasteiger charge is -2.44. The molecule has 1 unspecified atom stereocenters. The van der Waals surface area contributed by atoms with Crippen molar-refractivity contribution in [3.8, 4) is 0 Å². The summed E-state index contributed by atoms with van der Waals surface area (Å²) >= 11 is 0. The zero-order chi connectivity index (χ0) is 9.12. The maximum absolute atomic E-state index is 11.4. The highest BCUT2D eigenvalue weighted by Gasteiger charge is 2.30. The molecule has 11 heavy (non-hydrogen) atoms. The van der Waals surface area contributed by atoms with Gasteiger partial charge in [0, 0.05) is 0 Å². The molecule has 0 radical (unpaired) electrons. The molecule has 0 aliphatic carbocycles. The molecule has 0 aromatic rings. The molecule has 0 saturated heterocycles. The van der Waals surface area contributed by atoms with Gasteiger partial charge in [-0.05, 0) is 27.2 Å². The van der Waals surface area contributed by atoms with E-state index in [1.165, 1.54) is 0 Å². The highest BCUT2D eigenvalue weighted by atomic mass is 16.8. The Labute approximate surface area is 68.8 Å². The van der Waals surface area contributed by atoms with Crippen molar-refractivity contribution in [2.45, 2.75) is 46.1 Å². The van der Waals surface area contributed by atoms with Gasteiger partial charge in [0.1, 0.15) is 12.1 Å². The van der Waals surface area contributed by atoms with Crippen molar-refractivity contribution in [3.05, 3.63) is 5.21 Å². The van der Waals surface area contributed by atoms with E-state index in [1.807, 2.05) is 6.92 Å². The Morgan fingerprint density at radius 1 is 1.36 bits per heavy atom. The van der Waals surface area contributed by atoms with Gasteiger partial charge in [-0.1, -0.05) is 13.3 Å². The SMILES string of the molecule is CCCC[N+]([O-])(O)C(C)(C)C. The Morgan fingerprint density at radius 3 is 2.09 bits per heavy atom. The average molecular weight is 161 g/mol. The Kier molecular flexibility index (Phi) is 3.48. The molecule has 3 heteroatoms. The van der Waals surface area contributed by atoms with E-state index in [0.29, 0.717) is 6.54 Å². The van der Waals surface area contributed by atoms with Crippen molar-refractivity contribution in [3.63, 3.8) is 0 Å². The van der Waals surface area contributed by atoms with Crippen LogP contribution in [-0.4, -0.2) is 22.1 Å². The van der Waals surface area contributed by atoms with Crippen LogP contribution in [0.15, 0.2) is 0 Å². The number of unbranched alkanes of at least 4 members (excludes halogenated alkanes) is 1. The summed E-state index contributed by atoms with van der Waals surface area (Å²) < 4.78 is 0. The van der Waals surface area contributed by atoms with Gasteiger partial charge < -0.3 is 5.21 Å². The zero-order valence-corrected chi connectivity index (χ0v) is 7.92. The monoisotopic (exact) mass is 161 g/mol. The third kappa shape index (κ3) is 3.18. The third-order valence-electron chi connectivity index (χ3n) is 1.86. The molecular weight excluding hydrogens is 142 g/mol. The van der Waals surface area contributed by atoms with E-state index in [2.05, 4.69) is 0 Å². The molecule has 0 aliphatic heterocycles. The second-order valence-corrected chi connectivity index (χ2v) is 3.95. The number of hydroxylamine groups is 4. The molecular formula is C8H19NO2. The molecule has 0 aromatic carbocycles. The summed E-state index contributed by atoms with van der Waals surface area (Å²) in [5.41, 5.74) is -0.616. The quantitative estimate of drug-likeness (QED) is 0.509. The summed E-state index contributed by atoms with van der Waals surface area (Å²) in [6, 6.07) is 0. The first-order chi connectivity index (χ1) is 4.81. The molecule has 68 valence electrons. The summed E-state index contributed by atoms with van der Waals surface area (Å²) in [5, 5.41) is 20.7. The van der Waals surface area contributed by atoms with Crippen LogP contribution in [0, 0.1) is 5.21 Å². The summed E-state index contributed by atoms with van der Waals surface area (Å²) in [7, 11) is 0. The maximum atomic E-state index is 11.4. The standard InChI is InChI=1S/C8H19NO2/c1-5-6-7-9(10,11)8(2,3)4/h10H,5-7H2,1-4H3. The fraction of sp³-hybridized carbons (Fsp3) is 1.00. The Morgan fingerprint density at radius 2 is 1.82 bits per heavy atom. The minimum Gasteiger partial charge on any atom is -0.598 e. The topological polar surface area (TPSA) is 43.3 Å². The summed E-state index contributed by atoms with van der Waals surface area (Å²) in [4.78, 5) is -1.12. The van der Waals surface area contributed by atoms with Gasteiger partial charge in [0.05, 0.1) is 0 Å². The van der Waals surface area contributed by atoms with Crippen LogP contribution < -0.4 is 0 Å². The first kappa shape index (κ1) is 10.9. The van der Waals surface area contributed by atoms with Crippen molar-refractivity contribution in [2.24, 2.45) is 0 Å². The van der Waals surface area contributed by atoms with Gasteiger partial charge in [0.2, 0.25) is 0 Å². The second kappa shape index (κ2) is 3.52. The first-order valence-electron chi connectivity index (χ1n) is 4.13. The second-order valence-electron chi connectivity index (χ2n) is 3.95. The smallest absolute Gasteiger partial charge is 0.120 e. The lowest BCUT2D eigenvalue weighted by molar-refractivity contribution is -1.10. The normalized spacial score (nSPS) is 18.0. The van der Waals surface area contributed by atoms with Gasteiger partial charge >= 0.3 is 0 Å². The van der Waals surface area contributed by atoms with Crippen LogP contribution in [0.25, 0.3) is 0 Å². The molecule has 0 aromatic heterocycles. The van der Waals surface area contributed by atoms with Gasteiger partial charge in [-0.15, -0.1) is 0 Å². The van der Waals surface area contributed by atoms with Gasteiger partial charge in [-0.3, -0.25) is 0 Å². The summed E-state index contributed by atoms with van der Waals surface area (Å²) in [5.74, 6) is 0. The molecule has 3 nitrogen and oxygen atoms in total. The molecule has 0 bridgehead atoms. The van der Waals surface area contributed by atoms with Gasteiger partial charge in [-0.2, -0.15) is 0 Å². The highest BCUT2D eigenvalue weighted by Crippen LogP contribution is 2.20. The molecule has 0 fully saturated rings. The lowest BCUT2D eigenvalue weighted by Crippen LogP contribution is -2.53. The Balaban J connectivity index is 4.00. The fourth-order valence-electron chi connectivity index (χ4n) is 0.708. The van der Waals surface area contributed by atoms with E-state index in [9.17, 15) is 10.4 Å². The van der Waals surface area contributed by atoms with Crippen LogP contribution in [0.1, 0.15) is 40.5 Å². The molecule has 0 saturated carbocycles. The van der Waals surface area contributed by atoms with E-state index in [-0.39, 0.29) is 0 Å². The molecule has 0 aliphatic rings. The summed E-state index contributed by atoms with van der Waals surface area (Å²) in [6.07, 6.45) is 1.72. The van der Waals surface area contributed by atoms with E-state index in [1.54, 1.807) is 20.8 Å². The molecule has 0 amide bonds. The number of nitrogens with zero attached hydrogens (tertiary/aromatic N) is 1. The average Bonchev–Trinajstić information content (AvgIpc) is 1.81. The minimum absolute atomic E-state index is 0.292. The predicted octanol–water partition coefficient (Wildman–Crippen LogP) is 2.29. The van der Waals surface area contributed by atoms with Crippen molar-refractivity contribution in [1.29, 1.82) is 0 Å². The van der Waals surface area contributed by atoms with E-state index >= 15 is 0 Å². The Hall–Kier alpha value is -0.120.